The number of rotatable bonds is 5. The standard InChI is InChI=1S/C55H41NO3/c1-3-13-40(14-4-1)56(41-15-5-2-6-16-41)42-28-23-36(24-29-42)38-25-30-47-53(34-38)58-51-21-11-8-18-45(51)55(47)46-19-9-12-22-52(46)59-54-35-39(26-31-48(54)55)37-27-32-50-44(33-37)43-17-7-10-20-49(43)57-50/h1-7,9-15,17,19-33,35,38,41H,8,16,18,34H2. The number of nitrogens with zero attached hydrogens (tertiary/aromatic N) is 1. The van der Waals surface area contributed by atoms with E-state index in [1.807, 2.05) is 12.1 Å². The fourth-order valence-corrected chi connectivity index (χ4v) is 10.3. The Morgan fingerprint density at radius 2 is 1.37 bits per heavy atom. The summed E-state index contributed by atoms with van der Waals surface area (Å²) >= 11 is 0. The van der Waals surface area contributed by atoms with E-state index in [1.165, 1.54) is 33.6 Å². The molecule has 0 radical (unpaired) electrons. The van der Waals surface area contributed by atoms with Gasteiger partial charge < -0.3 is 18.8 Å². The van der Waals surface area contributed by atoms with Crippen LogP contribution in [0.3, 0.4) is 0 Å². The fourth-order valence-electron chi connectivity index (χ4n) is 10.3. The van der Waals surface area contributed by atoms with E-state index in [0.29, 0.717) is 0 Å². The van der Waals surface area contributed by atoms with Crippen molar-refractivity contribution in [1.29, 1.82) is 0 Å². The molecular weight excluding hydrogens is 723 g/mol. The third-order valence-electron chi connectivity index (χ3n) is 12.9. The van der Waals surface area contributed by atoms with Crippen molar-refractivity contribution < 1.29 is 13.9 Å². The zero-order valence-electron chi connectivity index (χ0n) is 32.6. The Hall–Kier alpha value is -7.04. The highest BCUT2D eigenvalue weighted by Gasteiger charge is 2.52. The van der Waals surface area contributed by atoms with Gasteiger partial charge in [0.25, 0.3) is 0 Å². The molecule has 5 aliphatic rings. The van der Waals surface area contributed by atoms with Gasteiger partial charge in [-0.15, -0.1) is 0 Å². The Labute approximate surface area is 344 Å². The van der Waals surface area contributed by atoms with E-state index < -0.39 is 5.41 Å². The third-order valence-corrected chi connectivity index (χ3v) is 12.9. The maximum Gasteiger partial charge on any atom is 0.135 e. The molecule has 6 aromatic carbocycles. The van der Waals surface area contributed by atoms with Crippen LogP contribution in [0.2, 0.25) is 0 Å². The number of hydrogen-bond donors (Lipinski definition) is 0. The van der Waals surface area contributed by atoms with E-state index in [9.17, 15) is 0 Å². The summed E-state index contributed by atoms with van der Waals surface area (Å²) in [5.41, 5.74) is 12.0. The number of para-hydroxylation sites is 3. The first-order valence-electron chi connectivity index (χ1n) is 20.8. The number of hydrogen-bond acceptors (Lipinski definition) is 4. The summed E-state index contributed by atoms with van der Waals surface area (Å²) < 4.78 is 20.1. The number of anilines is 2. The molecule has 12 rings (SSSR count). The number of benzene rings is 6. The highest BCUT2D eigenvalue weighted by molar-refractivity contribution is 6.06. The Kier molecular flexibility index (Phi) is 7.81. The van der Waals surface area contributed by atoms with Gasteiger partial charge in [0.15, 0.2) is 0 Å². The second-order valence-electron chi connectivity index (χ2n) is 16.2. The van der Waals surface area contributed by atoms with Gasteiger partial charge in [-0.05, 0) is 102 Å². The molecule has 1 spiro atoms. The number of fused-ring (bicyclic) bond motifs is 9. The maximum absolute atomic E-state index is 7.01. The van der Waals surface area contributed by atoms with E-state index >= 15 is 0 Å². The van der Waals surface area contributed by atoms with Gasteiger partial charge in [0.05, 0.1) is 11.5 Å². The maximum atomic E-state index is 7.01. The quantitative estimate of drug-likeness (QED) is 0.175. The van der Waals surface area contributed by atoms with E-state index in [2.05, 4.69) is 181 Å². The molecule has 284 valence electrons. The molecule has 3 aliphatic carbocycles. The minimum Gasteiger partial charge on any atom is -0.461 e. The SMILES string of the molecule is C1=CCC(N(c2ccccc2)c2ccc(C3C=CC4=C(C3)OC3=C(CCC=C3)C43c4ccccc4Oc4cc(-c5ccc6oc7ccccc7c6c5)ccc43)cc2)C=C1. The van der Waals surface area contributed by atoms with Crippen LogP contribution in [0.15, 0.2) is 215 Å². The van der Waals surface area contributed by atoms with Gasteiger partial charge in [0.2, 0.25) is 0 Å². The molecule has 0 amide bonds. The number of ether oxygens (including phenoxy) is 2. The highest BCUT2D eigenvalue weighted by Crippen LogP contribution is 2.62. The van der Waals surface area contributed by atoms with E-state index in [0.717, 1.165) is 87.3 Å². The van der Waals surface area contributed by atoms with E-state index in [-0.39, 0.29) is 12.0 Å². The predicted molar refractivity (Wildman–Crippen MR) is 238 cm³/mol. The van der Waals surface area contributed by atoms with Crippen molar-refractivity contribution in [3.63, 3.8) is 0 Å². The predicted octanol–water partition coefficient (Wildman–Crippen LogP) is 14.3. The molecule has 4 nitrogen and oxygen atoms in total. The molecule has 0 bridgehead atoms. The Morgan fingerprint density at radius 3 is 2.27 bits per heavy atom. The minimum atomic E-state index is -0.551. The zero-order valence-corrected chi connectivity index (χ0v) is 32.6. The lowest BCUT2D eigenvalue weighted by Crippen LogP contribution is -2.40. The second-order valence-corrected chi connectivity index (χ2v) is 16.2. The Balaban J connectivity index is 0.945. The van der Waals surface area contributed by atoms with Gasteiger partial charge in [0, 0.05) is 51.2 Å². The largest absolute Gasteiger partial charge is 0.461 e. The fraction of sp³-hybridized carbons (Fsp3) is 0.127. The average Bonchev–Trinajstić information content (AvgIpc) is 3.68. The molecular formula is C55H41NO3. The smallest absolute Gasteiger partial charge is 0.135 e. The summed E-state index contributed by atoms with van der Waals surface area (Å²) in [6.45, 7) is 0. The molecule has 3 heterocycles. The first-order chi connectivity index (χ1) is 29.2. The van der Waals surface area contributed by atoms with Crippen LogP contribution >= 0.6 is 0 Å². The molecule has 2 aliphatic heterocycles. The molecule has 7 aromatic rings. The van der Waals surface area contributed by atoms with Crippen LogP contribution in [0, 0.1) is 0 Å². The topological polar surface area (TPSA) is 34.8 Å². The molecule has 59 heavy (non-hydrogen) atoms. The average molecular weight is 764 g/mol. The second kappa shape index (κ2) is 13.5. The molecule has 3 unspecified atom stereocenters. The van der Waals surface area contributed by atoms with Gasteiger partial charge in [-0.2, -0.15) is 0 Å². The van der Waals surface area contributed by atoms with E-state index in [4.69, 9.17) is 13.9 Å². The van der Waals surface area contributed by atoms with E-state index in [1.54, 1.807) is 0 Å². The van der Waals surface area contributed by atoms with Crippen LogP contribution in [0.1, 0.15) is 48.3 Å². The van der Waals surface area contributed by atoms with Gasteiger partial charge in [0.1, 0.15) is 34.2 Å². The zero-order chi connectivity index (χ0) is 38.9. The van der Waals surface area contributed by atoms with Crippen LogP contribution in [-0.4, -0.2) is 6.04 Å². The van der Waals surface area contributed by atoms with Crippen LogP contribution < -0.4 is 9.64 Å². The van der Waals surface area contributed by atoms with Crippen molar-refractivity contribution in [3.05, 3.63) is 227 Å². The van der Waals surface area contributed by atoms with Crippen LogP contribution in [0.5, 0.6) is 11.5 Å². The summed E-state index contributed by atoms with van der Waals surface area (Å²) in [7, 11) is 0. The van der Waals surface area contributed by atoms with Gasteiger partial charge in [-0.25, -0.2) is 0 Å². The molecule has 4 heteroatoms. The van der Waals surface area contributed by atoms with Gasteiger partial charge in [-0.1, -0.05) is 127 Å². The summed E-state index contributed by atoms with van der Waals surface area (Å²) in [4.78, 5) is 2.45. The summed E-state index contributed by atoms with van der Waals surface area (Å²) in [6, 6.07) is 50.3. The van der Waals surface area contributed by atoms with Crippen molar-refractivity contribution in [3.8, 4) is 22.6 Å². The highest BCUT2D eigenvalue weighted by atomic mass is 16.5. The minimum absolute atomic E-state index is 0.170. The number of furan rings is 1. The first-order valence-corrected chi connectivity index (χ1v) is 20.8. The lowest BCUT2D eigenvalue weighted by molar-refractivity contribution is 0.259. The molecule has 0 saturated carbocycles. The summed E-state index contributed by atoms with van der Waals surface area (Å²) in [6.07, 6.45) is 21.7. The number of allylic oxidation sites excluding steroid dienone is 9. The van der Waals surface area contributed by atoms with Crippen LogP contribution in [-0.2, 0) is 10.2 Å². The first kappa shape index (κ1) is 34.0. The Bertz CT molecular complexity index is 3010. The molecule has 0 saturated heterocycles. The van der Waals surface area contributed by atoms with Gasteiger partial charge >= 0.3 is 0 Å². The molecule has 1 aromatic heterocycles. The molecule has 0 N–H and O–H groups in total. The lowest BCUT2D eigenvalue weighted by Gasteiger charge is -2.48. The van der Waals surface area contributed by atoms with Crippen LogP contribution in [0.25, 0.3) is 33.1 Å². The van der Waals surface area contributed by atoms with Crippen LogP contribution in [0.4, 0.5) is 11.4 Å². The molecule has 0 fully saturated rings. The van der Waals surface area contributed by atoms with Crippen molar-refractivity contribution >= 4 is 33.3 Å². The molecule has 3 atom stereocenters. The summed E-state index contributed by atoms with van der Waals surface area (Å²) in [5, 5.41) is 2.24. The monoisotopic (exact) mass is 763 g/mol. The van der Waals surface area contributed by atoms with Crippen molar-refractivity contribution in [2.45, 2.75) is 43.1 Å². The Morgan fingerprint density at radius 1 is 0.593 bits per heavy atom. The van der Waals surface area contributed by atoms with Crippen molar-refractivity contribution in [2.75, 3.05) is 4.90 Å². The van der Waals surface area contributed by atoms with Crippen molar-refractivity contribution in [1.82, 2.24) is 0 Å². The third kappa shape index (κ3) is 5.36. The normalized spacial score (nSPS) is 21.2. The summed E-state index contributed by atoms with van der Waals surface area (Å²) in [5.74, 6) is 3.94. The van der Waals surface area contributed by atoms with Crippen molar-refractivity contribution in [2.24, 2.45) is 0 Å². The van der Waals surface area contributed by atoms with Gasteiger partial charge in [-0.3, -0.25) is 0 Å². The lowest BCUT2D eigenvalue weighted by atomic mass is 9.58.